The summed E-state index contributed by atoms with van der Waals surface area (Å²) < 4.78 is 5.71. The van der Waals surface area contributed by atoms with Crippen molar-refractivity contribution in [3.05, 3.63) is 29.5 Å². The summed E-state index contributed by atoms with van der Waals surface area (Å²) in [6.45, 7) is 8.00. The van der Waals surface area contributed by atoms with Gasteiger partial charge in [0.15, 0.2) is 5.96 Å². The number of oxazole rings is 1. The van der Waals surface area contributed by atoms with Gasteiger partial charge in [-0.05, 0) is 58.5 Å². The van der Waals surface area contributed by atoms with Gasteiger partial charge in [0.1, 0.15) is 5.76 Å². The maximum Gasteiger partial charge on any atom is 0.208 e. The Morgan fingerprint density at radius 2 is 2.00 bits per heavy atom. The summed E-state index contributed by atoms with van der Waals surface area (Å²) in [5.41, 5.74) is 1.01. The van der Waals surface area contributed by atoms with Crippen LogP contribution in [-0.2, 0) is 6.54 Å². The van der Waals surface area contributed by atoms with Crippen LogP contribution in [-0.4, -0.2) is 48.6 Å². The van der Waals surface area contributed by atoms with Gasteiger partial charge in [0.2, 0.25) is 5.89 Å². The Labute approximate surface area is 150 Å². The molecule has 1 aromatic heterocycles. The van der Waals surface area contributed by atoms with Crippen molar-refractivity contribution in [1.29, 1.82) is 0 Å². The highest BCUT2D eigenvalue weighted by atomic mass is 16.4. The molecule has 1 fully saturated rings. The smallest absolute Gasteiger partial charge is 0.208 e. The maximum absolute atomic E-state index is 5.71. The van der Waals surface area contributed by atoms with Crippen LogP contribution in [0.4, 0.5) is 0 Å². The lowest BCUT2D eigenvalue weighted by Crippen LogP contribution is -2.45. The molecule has 0 spiro atoms. The van der Waals surface area contributed by atoms with E-state index < -0.39 is 0 Å². The summed E-state index contributed by atoms with van der Waals surface area (Å²) in [6, 6.07) is 0.501. The van der Waals surface area contributed by atoms with Gasteiger partial charge in [-0.2, -0.15) is 0 Å². The van der Waals surface area contributed by atoms with Crippen molar-refractivity contribution in [1.82, 2.24) is 20.5 Å². The van der Waals surface area contributed by atoms with Crippen LogP contribution in [0.3, 0.4) is 0 Å². The molecular formula is C19H31N5O. The molecule has 2 N–H and O–H groups in total. The van der Waals surface area contributed by atoms with Crippen LogP contribution < -0.4 is 10.6 Å². The van der Waals surface area contributed by atoms with Crippen molar-refractivity contribution in [3.63, 3.8) is 0 Å². The molecule has 0 atom stereocenters. The quantitative estimate of drug-likeness (QED) is 0.487. The maximum atomic E-state index is 5.71. The molecule has 138 valence electrons. The first kappa shape index (κ1) is 18.0. The number of piperidine rings is 1. The lowest BCUT2D eigenvalue weighted by atomic mass is 9.97. The molecule has 1 aliphatic heterocycles. The van der Waals surface area contributed by atoms with E-state index in [9.17, 15) is 0 Å². The fraction of sp³-hybridized carbons (Fsp3) is 0.684. The Morgan fingerprint density at radius 1 is 1.28 bits per heavy atom. The molecule has 0 radical (unpaired) electrons. The third kappa shape index (κ3) is 5.08. The Kier molecular flexibility index (Phi) is 6.13. The fourth-order valence-corrected chi connectivity index (χ4v) is 3.51. The fourth-order valence-electron chi connectivity index (χ4n) is 3.51. The number of aliphatic imine (C=N–C) groups is 1. The third-order valence-corrected chi connectivity index (χ3v) is 5.27. The molecular weight excluding hydrogens is 314 g/mol. The van der Waals surface area contributed by atoms with E-state index in [0.717, 1.165) is 62.3 Å². The van der Waals surface area contributed by atoms with Crippen LogP contribution >= 0.6 is 0 Å². The summed E-state index contributed by atoms with van der Waals surface area (Å²) in [4.78, 5) is 11.3. The van der Waals surface area contributed by atoms with Gasteiger partial charge in [0.25, 0.3) is 0 Å². The monoisotopic (exact) mass is 345 g/mol. The molecule has 0 aromatic carbocycles. The van der Waals surface area contributed by atoms with Gasteiger partial charge >= 0.3 is 0 Å². The number of aryl methyl sites for hydroxylation is 2. The van der Waals surface area contributed by atoms with Crippen molar-refractivity contribution in [2.45, 2.75) is 52.1 Å². The third-order valence-electron chi connectivity index (χ3n) is 5.27. The summed E-state index contributed by atoms with van der Waals surface area (Å²) in [7, 11) is 1.85. The summed E-state index contributed by atoms with van der Waals surface area (Å²) in [5, 5.41) is 7.00. The number of nitrogens with zero attached hydrogens (tertiary/aromatic N) is 3. The average Bonchev–Trinajstić information content (AvgIpc) is 3.23. The Balaban J connectivity index is 1.37. The predicted molar refractivity (Wildman–Crippen MR) is 101 cm³/mol. The second-order valence-corrected chi connectivity index (χ2v) is 7.21. The van der Waals surface area contributed by atoms with E-state index in [-0.39, 0.29) is 0 Å². The lowest BCUT2D eigenvalue weighted by molar-refractivity contribution is 0.164. The highest BCUT2D eigenvalue weighted by Crippen LogP contribution is 2.19. The lowest BCUT2D eigenvalue weighted by Gasteiger charge is -2.31. The van der Waals surface area contributed by atoms with Gasteiger partial charge in [-0.3, -0.25) is 9.89 Å². The van der Waals surface area contributed by atoms with Crippen molar-refractivity contribution in [2.75, 3.05) is 26.7 Å². The summed E-state index contributed by atoms with van der Waals surface area (Å²) in [5.74, 6) is 3.41. The van der Waals surface area contributed by atoms with Gasteiger partial charge in [-0.15, -0.1) is 0 Å². The van der Waals surface area contributed by atoms with Gasteiger partial charge in [-0.25, -0.2) is 4.98 Å². The molecule has 0 amide bonds. The highest BCUT2D eigenvalue weighted by molar-refractivity contribution is 5.80. The van der Waals surface area contributed by atoms with E-state index in [1.807, 2.05) is 20.9 Å². The van der Waals surface area contributed by atoms with E-state index in [1.165, 1.54) is 12.8 Å². The number of guanidine groups is 1. The molecule has 1 saturated heterocycles. The predicted octanol–water partition coefficient (Wildman–Crippen LogP) is 2.39. The number of aromatic nitrogens is 1. The zero-order valence-electron chi connectivity index (χ0n) is 15.7. The zero-order valence-corrected chi connectivity index (χ0v) is 15.7. The first-order valence-corrected chi connectivity index (χ1v) is 9.41. The number of nitrogens with one attached hydrogen (secondary N) is 2. The molecule has 25 heavy (non-hydrogen) atoms. The van der Waals surface area contributed by atoms with Crippen LogP contribution in [0, 0.1) is 19.8 Å². The van der Waals surface area contributed by atoms with Gasteiger partial charge < -0.3 is 15.1 Å². The molecule has 6 nitrogen and oxygen atoms in total. The van der Waals surface area contributed by atoms with E-state index in [0.29, 0.717) is 12.0 Å². The number of rotatable bonds is 5. The van der Waals surface area contributed by atoms with Gasteiger partial charge in [-0.1, -0.05) is 12.2 Å². The molecule has 0 unspecified atom stereocenters. The minimum Gasteiger partial charge on any atom is -0.444 e. The SMILES string of the molecule is CN=C(NCC1CCN(Cc2nc(C)c(C)o2)CC1)NC1CC=CC1. The topological polar surface area (TPSA) is 65.7 Å². The second-order valence-electron chi connectivity index (χ2n) is 7.21. The average molecular weight is 345 g/mol. The van der Waals surface area contributed by atoms with Gasteiger partial charge in [0, 0.05) is 19.6 Å². The number of hydrogen-bond acceptors (Lipinski definition) is 4. The molecule has 0 saturated carbocycles. The second kappa shape index (κ2) is 8.52. The van der Waals surface area contributed by atoms with Crippen LogP contribution in [0.25, 0.3) is 0 Å². The van der Waals surface area contributed by atoms with Gasteiger partial charge in [0.05, 0.1) is 12.2 Å². The molecule has 2 aliphatic rings. The number of hydrogen-bond donors (Lipinski definition) is 2. The summed E-state index contributed by atoms with van der Waals surface area (Å²) in [6.07, 6.45) is 9.06. The van der Waals surface area contributed by atoms with E-state index in [4.69, 9.17) is 4.42 Å². The Morgan fingerprint density at radius 3 is 2.60 bits per heavy atom. The first-order chi connectivity index (χ1) is 12.1. The minimum absolute atomic E-state index is 0.501. The minimum atomic E-state index is 0.501. The molecule has 2 heterocycles. The van der Waals surface area contributed by atoms with Crippen molar-refractivity contribution in [3.8, 4) is 0 Å². The molecule has 1 aliphatic carbocycles. The van der Waals surface area contributed by atoms with E-state index >= 15 is 0 Å². The first-order valence-electron chi connectivity index (χ1n) is 9.41. The number of likely N-dealkylation sites (tertiary alicyclic amines) is 1. The normalized spacial score (nSPS) is 20.4. The summed E-state index contributed by atoms with van der Waals surface area (Å²) >= 11 is 0. The Bertz CT molecular complexity index is 586. The zero-order chi connectivity index (χ0) is 17.6. The van der Waals surface area contributed by atoms with Crippen LogP contribution in [0.2, 0.25) is 0 Å². The highest BCUT2D eigenvalue weighted by Gasteiger charge is 2.21. The van der Waals surface area contributed by atoms with Crippen LogP contribution in [0.15, 0.2) is 21.6 Å². The van der Waals surface area contributed by atoms with Crippen LogP contribution in [0.5, 0.6) is 0 Å². The largest absolute Gasteiger partial charge is 0.444 e. The molecule has 1 aromatic rings. The Hall–Kier alpha value is -1.82. The van der Waals surface area contributed by atoms with Crippen LogP contribution in [0.1, 0.15) is 43.0 Å². The van der Waals surface area contributed by atoms with E-state index in [1.54, 1.807) is 0 Å². The standard InChI is InChI=1S/C19H31N5O/c1-14-15(2)25-18(22-14)13-24-10-8-16(9-11-24)12-21-19(20-3)23-17-6-4-5-7-17/h4-5,16-17H,6-13H2,1-3H3,(H2,20,21,23). The molecule has 0 bridgehead atoms. The molecule has 6 heteroatoms. The molecule has 3 rings (SSSR count). The van der Waals surface area contributed by atoms with Crippen molar-refractivity contribution >= 4 is 5.96 Å². The van der Waals surface area contributed by atoms with Crippen molar-refractivity contribution in [2.24, 2.45) is 10.9 Å². The van der Waals surface area contributed by atoms with Crippen molar-refractivity contribution < 1.29 is 4.42 Å². The van der Waals surface area contributed by atoms with E-state index in [2.05, 4.69) is 37.7 Å².